The van der Waals surface area contributed by atoms with E-state index in [4.69, 9.17) is 11.6 Å². The molecule has 0 spiro atoms. The van der Waals surface area contributed by atoms with Crippen molar-refractivity contribution < 1.29 is 0 Å². The van der Waals surface area contributed by atoms with Crippen LogP contribution in [0.1, 0.15) is 0 Å². The smallest absolute Gasteiger partial charge is 0.164 e. The zero-order valence-electron chi connectivity index (χ0n) is 8.66. The summed E-state index contributed by atoms with van der Waals surface area (Å²) < 4.78 is 1.86. The summed E-state index contributed by atoms with van der Waals surface area (Å²) in [5.74, 6) is 1.57. The van der Waals surface area contributed by atoms with E-state index in [2.05, 4.69) is 10.3 Å². The lowest BCUT2D eigenvalue weighted by atomic mass is 10.2. The number of imidazole rings is 1. The number of hydrogen-bond donors (Lipinski definition) is 1. The van der Waals surface area contributed by atoms with E-state index >= 15 is 0 Å². The summed E-state index contributed by atoms with van der Waals surface area (Å²) in [5, 5.41) is 3.58. The van der Waals surface area contributed by atoms with Gasteiger partial charge in [-0.25, -0.2) is 4.98 Å². The monoisotopic (exact) mass is 221 g/mol. The van der Waals surface area contributed by atoms with Crippen LogP contribution in [0.3, 0.4) is 0 Å². The Morgan fingerprint density at radius 3 is 2.47 bits per heavy atom. The van der Waals surface area contributed by atoms with Crippen LogP contribution in [-0.2, 0) is 7.05 Å². The van der Waals surface area contributed by atoms with Crippen molar-refractivity contribution in [3.63, 3.8) is 0 Å². The molecule has 0 saturated carbocycles. The second-order valence-electron chi connectivity index (χ2n) is 3.25. The molecule has 0 radical (unpaired) electrons. The number of rotatable bonds is 2. The van der Waals surface area contributed by atoms with E-state index in [1.807, 2.05) is 49.0 Å². The second kappa shape index (κ2) is 3.95. The third kappa shape index (κ3) is 1.70. The van der Waals surface area contributed by atoms with Crippen LogP contribution in [-0.4, -0.2) is 16.6 Å². The number of hydrogen-bond acceptors (Lipinski definition) is 2. The molecule has 15 heavy (non-hydrogen) atoms. The molecule has 3 nitrogen and oxygen atoms in total. The molecule has 2 aromatic rings. The van der Waals surface area contributed by atoms with Crippen molar-refractivity contribution in [1.82, 2.24) is 9.55 Å². The van der Waals surface area contributed by atoms with Crippen LogP contribution in [0.25, 0.3) is 11.4 Å². The number of aromatic nitrogens is 2. The van der Waals surface area contributed by atoms with Gasteiger partial charge in [-0.05, 0) is 0 Å². The van der Waals surface area contributed by atoms with Crippen LogP contribution in [0.4, 0.5) is 5.82 Å². The molecule has 1 aromatic carbocycles. The Labute approximate surface area is 93.7 Å². The van der Waals surface area contributed by atoms with Gasteiger partial charge in [-0.1, -0.05) is 41.9 Å². The Hall–Kier alpha value is -1.48. The molecular formula is C11H12ClN3. The Bertz CT molecular complexity index is 462. The third-order valence-corrected chi connectivity index (χ3v) is 2.73. The lowest BCUT2D eigenvalue weighted by Crippen LogP contribution is -1.92. The first-order valence-corrected chi connectivity index (χ1v) is 5.07. The van der Waals surface area contributed by atoms with Gasteiger partial charge < -0.3 is 9.88 Å². The molecule has 4 heteroatoms. The van der Waals surface area contributed by atoms with Crippen LogP contribution in [0.2, 0.25) is 5.15 Å². The molecule has 1 N–H and O–H groups in total. The highest BCUT2D eigenvalue weighted by atomic mass is 35.5. The van der Waals surface area contributed by atoms with Crippen molar-refractivity contribution in [2.45, 2.75) is 0 Å². The predicted octanol–water partition coefficient (Wildman–Crippen LogP) is 2.78. The number of nitrogens with one attached hydrogen (secondary N) is 1. The fraction of sp³-hybridized carbons (Fsp3) is 0.182. The Kier molecular flexibility index (Phi) is 2.64. The van der Waals surface area contributed by atoms with Gasteiger partial charge in [-0.15, -0.1) is 0 Å². The van der Waals surface area contributed by atoms with Gasteiger partial charge >= 0.3 is 0 Å². The summed E-state index contributed by atoms with van der Waals surface area (Å²) >= 11 is 6.10. The van der Waals surface area contributed by atoms with E-state index in [9.17, 15) is 0 Å². The van der Waals surface area contributed by atoms with Crippen molar-refractivity contribution >= 4 is 17.4 Å². The molecule has 78 valence electrons. The Morgan fingerprint density at radius 1 is 1.27 bits per heavy atom. The van der Waals surface area contributed by atoms with Gasteiger partial charge in [0, 0.05) is 19.7 Å². The predicted molar refractivity (Wildman–Crippen MR) is 63.2 cm³/mol. The van der Waals surface area contributed by atoms with Crippen LogP contribution < -0.4 is 5.32 Å². The summed E-state index contributed by atoms with van der Waals surface area (Å²) in [6.45, 7) is 0. The van der Waals surface area contributed by atoms with Crippen LogP contribution in [0, 0.1) is 0 Å². The van der Waals surface area contributed by atoms with Crippen LogP contribution in [0.5, 0.6) is 0 Å². The van der Waals surface area contributed by atoms with Crippen LogP contribution in [0.15, 0.2) is 30.3 Å². The van der Waals surface area contributed by atoms with Crippen molar-refractivity contribution in [3.8, 4) is 11.4 Å². The number of halogens is 1. The van der Waals surface area contributed by atoms with E-state index in [-0.39, 0.29) is 0 Å². The topological polar surface area (TPSA) is 29.9 Å². The average molecular weight is 222 g/mol. The maximum atomic E-state index is 6.10. The average Bonchev–Trinajstić information content (AvgIpc) is 2.57. The van der Waals surface area contributed by atoms with Gasteiger partial charge in [-0.3, -0.25) is 0 Å². The maximum absolute atomic E-state index is 6.10. The Balaban J connectivity index is 2.55. The van der Waals surface area contributed by atoms with Crippen molar-refractivity contribution in [2.24, 2.45) is 7.05 Å². The van der Waals surface area contributed by atoms with Gasteiger partial charge in [0.2, 0.25) is 0 Å². The van der Waals surface area contributed by atoms with Gasteiger partial charge in [0.1, 0.15) is 5.82 Å². The molecule has 1 heterocycles. The summed E-state index contributed by atoms with van der Waals surface area (Å²) in [7, 11) is 3.71. The molecule has 1 aromatic heterocycles. The Morgan fingerprint density at radius 2 is 1.93 bits per heavy atom. The SMILES string of the molecule is CNc1nc(-c2ccccc2)n(C)c1Cl. The maximum Gasteiger partial charge on any atom is 0.164 e. The molecule has 0 saturated heterocycles. The highest BCUT2D eigenvalue weighted by Gasteiger charge is 2.12. The summed E-state index contributed by atoms with van der Waals surface area (Å²) in [5.41, 5.74) is 1.06. The first-order chi connectivity index (χ1) is 7.24. The van der Waals surface area contributed by atoms with Gasteiger partial charge in [-0.2, -0.15) is 0 Å². The molecule has 0 bridgehead atoms. The van der Waals surface area contributed by atoms with Gasteiger partial charge in [0.05, 0.1) is 0 Å². The summed E-state index contributed by atoms with van der Waals surface area (Å²) in [6, 6.07) is 9.97. The fourth-order valence-corrected chi connectivity index (χ4v) is 1.70. The minimum atomic E-state index is 0.622. The second-order valence-corrected chi connectivity index (χ2v) is 3.61. The number of anilines is 1. The molecule has 0 unspecified atom stereocenters. The van der Waals surface area contributed by atoms with Crippen LogP contribution >= 0.6 is 11.6 Å². The van der Waals surface area contributed by atoms with Crippen molar-refractivity contribution in [2.75, 3.05) is 12.4 Å². The quantitative estimate of drug-likeness (QED) is 0.845. The van der Waals surface area contributed by atoms with Crippen molar-refractivity contribution in [3.05, 3.63) is 35.5 Å². The zero-order chi connectivity index (χ0) is 10.8. The molecule has 2 rings (SSSR count). The lowest BCUT2D eigenvalue weighted by molar-refractivity contribution is 0.926. The van der Waals surface area contributed by atoms with E-state index in [1.54, 1.807) is 0 Å². The highest BCUT2D eigenvalue weighted by Crippen LogP contribution is 2.27. The van der Waals surface area contributed by atoms with E-state index in [0.29, 0.717) is 11.0 Å². The lowest BCUT2D eigenvalue weighted by Gasteiger charge is -2.00. The summed E-state index contributed by atoms with van der Waals surface area (Å²) in [4.78, 5) is 4.42. The minimum Gasteiger partial charge on any atom is -0.371 e. The highest BCUT2D eigenvalue weighted by molar-refractivity contribution is 6.32. The van der Waals surface area contributed by atoms with Gasteiger partial charge in [0.15, 0.2) is 11.0 Å². The minimum absolute atomic E-state index is 0.622. The summed E-state index contributed by atoms with van der Waals surface area (Å²) in [6.07, 6.45) is 0. The first kappa shape index (κ1) is 10.1. The molecule has 0 amide bonds. The third-order valence-electron chi connectivity index (χ3n) is 2.29. The van der Waals surface area contributed by atoms with Crippen molar-refractivity contribution in [1.29, 1.82) is 0 Å². The molecule has 0 aliphatic heterocycles. The number of nitrogens with zero attached hydrogens (tertiary/aromatic N) is 2. The normalized spacial score (nSPS) is 10.3. The molecule has 0 aliphatic rings. The fourth-order valence-electron chi connectivity index (χ4n) is 1.48. The zero-order valence-corrected chi connectivity index (χ0v) is 9.42. The molecule has 0 aliphatic carbocycles. The van der Waals surface area contributed by atoms with E-state index in [1.165, 1.54) is 0 Å². The largest absolute Gasteiger partial charge is 0.371 e. The van der Waals surface area contributed by atoms with E-state index in [0.717, 1.165) is 11.4 Å². The van der Waals surface area contributed by atoms with Gasteiger partial charge in [0.25, 0.3) is 0 Å². The first-order valence-electron chi connectivity index (χ1n) is 4.69. The molecule has 0 atom stereocenters. The molecular weight excluding hydrogens is 210 g/mol. The van der Waals surface area contributed by atoms with E-state index < -0.39 is 0 Å². The standard InChI is InChI=1S/C11H12ClN3/c1-13-10-9(12)15(2)11(14-10)8-6-4-3-5-7-8/h3-7,13H,1-2H3. The molecule has 0 fully saturated rings. The number of benzene rings is 1.